The smallest absolute Gasteiger partial charge is 0.142 e. The van der Waals surface area contributed by atoms with Gasteiger partial charge in [0.2, 0.25) is 0 Å². The molecule has 68 valence electrons. The van der Waals surface area contributed by atoms with Gasteiger partial charge in [-0.2, -0.15) is 12.6 Å². The standard InChI is InChI=1S/C9H15NOS/c1-7-6-8(11-10-7)9(2,3)4-5-12/h6,12H,4-5H2,1-3H3. The van der Waals surface area contributed by atoms with Crippen molar-refractivity contribution in [1.82, 2.24) is 5.16 Å². The zero-order valence-corrected chi connectivity index (χ0v) is 8.69. The van der Waals surface area contributed by atoms with E-state index in [4.69, 9.17) is 4.52 Å². The van der Waals surface area contributed by atoms with Crippen LogP contribution in [0.15, 0.2) is 10.6 Å². The molecule has 0 saturated heterocycles. The van der Waals surface area contributed by atoms with Gasteiger partial charge in [-0.05, 0) is 19.1 Å². The fraction of sp³-hybridized carbons (Fsp3) is 0.667. The molecule has 0 aliphatic rings. The molecule has 0 radical (unpaired) electrons. The lowest BCUT2D eigenvalue weighted by molar-refractivity contribution is 0.310. The highest BCUT2D eigenvalue weighted by Crippen LogP contribution is 2.27. The van der Waals surface area contributed by atoms with Crippen molar-refractivity contribution in [2.24, 2.45) is 0 Å². The lowest BCUT2D eigenvalue weighted by Crippen LogP contribution is -2.16. The van der Waals surface area contributed by atoms with Crippen molar-refractivity contribution in [1.29, 1.82) is 0 Å². The van der Waals surface area contributed by atoms with Crippen LogP contribution in [0.1, 0.15) is 31.7 Å². The monoisotopic (exact) mass is 185 g/mol. The minimum atomic E-state index is 0.0585. The summed E-state index contributed by atoms with van der Waals surface area (Å²) in [5, 5.41) is 3.87. The highest BCUT2D eigenvalue weighted by Gasteiger charge is 2.23. The van der Waals surface area contributed by atoms with E-state index in [9.17, 15) is 0 Å². The van der Waals surface area contributed by atoms with Crippen LogP contribution in [0.3, 0.4) is 0 Å². The van der Waals surface area contributed by atoms with Crippen molar-refractivity contribution in [3.05, 3.63) is 17.5 Å². The van der Waals surface area contributed by atoms with Gasteiger partial charge in [-0.15, -0.1) is 0 Å². The van der Waals surface area contributed by atoms with Crippen molar-refractivity contribution in [2.45, 2.75) is 32.6 Å². The van der Waals surface area contributed by atoms with Crippen LogP contribution >= 0.6 is 12.6 Å². The summed E-state index contributed by atoms with van der Waals surface area (Å²) in [6.45, 7) is 6.22. The molecule has 0 N–H and O–H groups in total. The number of thiol groups is 1. The molecule has 0 aliphatic carbocycles. The van der Waals surface area contributed by atoms with Crippen LogP contribution < -0.4 is 0 Å². The Morgan fingerprint density at radius 2 is 2.25 bits per heavy atom. The highest BCUT2D eigenvalue weighted by atomic mass is 32.1. The van der Waals surface area contributed by atoms with Gasteiger partial charge in [0.1, 0.15) is 5.76 Å². The molecule has 1 aromatic heterocycles. The van der Waals surface area contributed by atoms with E-state index >= 15 is 0 Å². The average Bonchev–Trinajstić information content (AvgIpc) is 2.36. The van der Waals surface area contributed by atoms with Crippen LogP contribution in [0.4, 0.5) is 0 Å². The summed E-state index contributed by atoms with van der Waals surface area (Å²) < 4.78 is 5.20. The number of hydrogen-bond acceptors (Lipinski definition) is 3. The predicted octanol–water partition coefficient (Wildman–Crippen LogP) is 2.58. The topological polar surface area (TPSA) is 26.0 Å². The molecule has 1 rings (SSSR count). The van der Waals surface area contributed by atoms with Crippen molar-refractivity contribution in [2.75, 3.05) is 5.75 Å². The highest BCUT2D eigenvalue weighted by molar-refractivity contribution is 7.80. The van der Waals surface area contributed by atoms with E-state index in [0.717, 1.165) is 23.6 Å². The fourth-order valence-electron chi connectivity index (χ4n) is 1.09. The first kappa shape index (κ1) is 9.65. The van der Waals surface area contributed by atoms with Crippen LogP contribution in [-0.2, 0) is 5.41 Å². The molecule has 1 heterocycles. The van der Waals surface area contributed by atoms with Gasteiger partial charge in [0.25, 0.3) is 0 Å². The van der Waals surface area contributed by atoms with E-state index in [1.165, 1.54) is 0 Å². The molecule has 0 bridgehead atoms. The van der Waals surface area contributed by atoms with Gasteiger partial charge in [-0.1, -0.05) is 19.0 Å². The first-order valence-corrected chi connectivity index (χ1v) is 4.74. The Morgan fingerprint density at radius 3 is 2.67 bits per heavy atom. The summed E-state index contributed by atoms with van der Waals surface area (Å²) in [5.41, 5.74) is 1.00. The molecule has 0 aliphatic heterocycles. The quantitative estimate of drug-likeness (QED) is 0.732. The molecule has 0 spiro atoms. The molecule has 0 saturated carbocycles. The van der Waals surface area contributed by atoms with E-state index in [2.05, 4.69) is 31.6 Å². The largest absolute Gasteiger partial charge is 0.361 e. The van der Waals surface area contributed by atoms with Crippen molar-refractivity contribution < 1.29 is 4.52 Å². The van der Waals surface area contributed by atoms with Gasteiger partial charge < -0.3 is 4.52 Å². The lowest BCUT2D eigenvalue weighted by Gasteiger charge is -2.19. The Labute approximate surface area is 78.7 Å². The van der Waals surface area contributed by atoms with Crippen LogP contribution in [0.25, 0.3) is 0 Å². The Balaban J connectivity index is 2.81. The normalized spacial score (nSPS) is 12.0. The second-order valence-corrected chi connectivity index (χ2v) is 4.14. The van der Waals surface area contributed by atoms with Crippen LogP contribution in [-0.4, -0.2) is 10.9 Å². The molecular formula is C9H15NOS. The number of nitrogens with zero attached hydrogens (tertiary/aromatic N) is 1. The SMILES string of the molecule is Cc1cc(C(C)(C)CCS)on1. The molecule has 0 fully saturated rings. The fourth-order valence-corrected chi connectivity index (χ4v) is 1.64. The van der Waals surface area contributed by atoms with Crippen LogP contribution in [0, 0.1) is 6.92 Å². The molecule has 0 amide bonds. The first-order chi connectivity index (χ1) is 5.56. The van der Waals surface area contributed by atoms with Gasteiger partial charge in [-0.3, -0.25) is 0 Å². The molecule has 2 nitrogen and oxygen atoms in total. The zero-order valence-electron chi connectivity index (χ0n) is 7.79. The molecule has 3 heteroatoms. The van der Waals surface area contributed by atoms with Crippen molar-refractivity contribution in [3.8, 4) is 0 Å². The molecule has 0 unspecified atom stereocenters. The second-order valence-electron chi connectivity index (χ2n) is 3.69. The summed E-state index contributed by atoms with van der Waals surface area (Å²) in [6.07, 6.45) is 1.00. The Bertz CT molecular complexity index is 255. The van der Waals surface area contributed by atoms with Gasteiger partial charge in [-0.25, -0.2) is 0 Å². The summed E-state index contributed by atoms with van der Waals surface area (Å²) in [7, 11) is 0. The average molecular weight is 185 g/mol. The van der Waals surface area contributed by atoms with Crippen molar-refractivity contribution >= 4 is 12.6 Å². The van der Waals surface area contributed by atoms with Gasteiger partial charge in [0.05, 0.1) is 5.69 Å². The predicted molar refractivity (Wildman–Crippen MR) is 52.7 cm³/mol. The minimum Gasteiger partial charge on any atom is -0.361 e. The Hall–Kier alpha value is -0.440. The third-order valence-electron chi connectivity index (χ3n) is 2.03. The first-order valence-electron chi connectivity index (χ1n) is 4.11. The Kier molecular flexibility index (Phi) is 2.83. The van der Waals surface area contributed by atoms with E-state index < -0.39 is 0 Å². The summed E-state index contributed by atoms with van der Waals surface area (Å²) in [4.78, 5) is 0. The molecule has 0 atom stereocenters. The summed E-state index contributed by atoms with van der Waals surface area (Å²) in [6, 6.07) is 1.99. The molecule has 1 aromatic rings. The van der Waals surface area contributed by atoms with Crippen LogP contribution in [0.5, 0.6) is 0 Å². The maximum absolute atomic E-state index is 5.20. The number of rotatable bonds is 3. The summed E-state index contributed by atoms with van der Waals surface area (Å²) in [5.74, 6) is 1.82. The maximum Gasteiger partial charge on any atom is 0.142 e. The lowest BCUT2D eigenvalue weighted by atomic mass is 9.87. The van der Waals surface area contributed by atoms with E-state index in [1.54, 1.807) is 0 Å². The number of aryl methyl sites for hydroxylation is 1. The molecule has 12 heavy (non-hydrogen) atoms. The van der Waals surface area contributed by atoms with Crippen LogP contribution in [0.2, 0.25) is 0 Å². The van der Waals surface area contributed by atoms with E-state index in [0.29, 0.717) is 0 Å². The molecular weight excluding hydrogens is 170 g/mol. The van der Waals surface area contributed by atoms with E-state index in [1.807, 2.05) is 13.0 Å². The Morgan fingerprint density at radius 1 is 1.58 bits per heavy atom. The number of aromatic nitrogens is 1. The summed E-state index contributed by atoms with van der Waals surface area (Å²) >= 11 is 4.21. The van der Waals surface area contributed by atoms with E-state index in [-0.39, 0.29) is 5.41 Å². The second kappa shape index (κ2) is 3.52. The zero-order chi connectivity index (χ0) is 9.19. The maximum atomic E-state index is 5.20. The van der Waals surface area contributed by atoms with Gasteiger partial charge in [0, 0.05) is 11.5 Å². The van der Waals surface area contributed by atoms with Crippen molar-refractivity contribution in [3.63, 3.8) is 0 Å². The molecule has 0 aromatic carbocycles. The van der Waals surface area contributed by atoms with Gasteiger partial charge in [0.15, 0.2) is 0 Å². The van der Waals surface area contributed by atoms with Gasteiger partial charge >= 0.3 is 0 Å². The third kappa shape index (κ3) is 2.03. The third-order valence-corrected chi connectivity index (χ3v) is 2.26. The number of hydrogen-bond donors (Lipinski definition) is 1. The minimum absolute atomic E-state index is 0.0585.